The van der Waals surface area contributed by atoms with Crippen molar-refractivity contribution in [3.8, 4) is 0 Å². The minimum atomic E-state index is 0.613. The van der Waals surface area contributed by atoms with Gasteiger partial charge in [-0.15, -0.1) is 0 Å². The van der Waals surface area contributed by atoms with Crippen LogP contribution in [0.3, 0.4) is 0 Å². The van der Waals surface area contributed by atoms with Crippen molar-refractivity contribution >= 4 is 0 Å². The maximum atomic E-state index is 5.16. The zero-order chi connectivity index (χ0) is 12.8. The Morgan fingerprint density at radius 3 is 2.83 bits per heavy atom. The fourth-order valence-electron chi connectivity index (χ4n) is 2.75. The van der Waals surface area contributed by atoms with Gasteiger partial charge < -0.3 is 10.1 Å². The number of ether oxygens (including phenoxy) is 1. The van der Waals surface area contributed by atoms with Crippen molar-refractivity contribution in [3.05, 3.63) is 35.4 Å². The summed E-state index contributed by atoms with van der Waals surface area (Å²) in [7, 11) is 3.81. The lowest BCUT2D eigenvalue weighted by atomic mass is 9.94. The SMILES string of the molecule is CNCC1Cc2ccccc2CN1CCCOC. The van der Waals surface area contributed by atoms with Gasteiger partial charge in [0.25, 0.3) is 0 Å². The number of fused-ring (bicyclic) bond motifs is 1. The van der Waals surface area contributed by atoms with Crippen molar-refractivity contribution < 1.29 is 4.74 Å². The molecule has 1 aromatic carbocycles. The molecule has 1 heterocycles. The first kappa shape index (κ1) is 13.5. The number of likely N-dealkylation sites (N-methyl/N-ethyl adjacent to an activating group) is 1. The van der Waals surface area contributed by atoms with Crippen molar-refractivity contribution in [2.75, 3.05) is 33.9 Å². The molecule has 0 aromatic heterocycles. The monoisotopic (exact) mass is 248 g/mol. The average Bonchev–Trinajstić information content (AvgIpc) is 2.40. The Labute approximate surface area is 110 Å². The summed E-state index contributed by atoms with van der Waals surface area (Å²) >= 11 is 0. The Balaban J connectivity index is 2.03. The van der Waals surface area contributed by atoms with Gasteiger partial charge in [0.15, 0.2) is 0 Å². The second-order valence-electron chi connectivity index (χ2n) is 5.00. The van der Waals surface area contributed by atoms with Gasteiger partial charge in [-0.25, -0.2) is 0 Å². The molecule has 0 spiro atoms. The van der Waals surface area contributed by atoms with E-state index < -0.39 is 0 Å². The maximum absolute atomic E-state index is 5.16. The molecular formula is C15H24N2O. The number of rotatable bonds is 6. The summed E-state index contributed by atoms with van der Waals surface area (Å²) in [5.41, 5.74) is 3.00. The normalized spacial score (nSPS) is 19.8. The zero-order valence-electron chi connectivity index (χ0n) is 11.5. The van der Waals surface area contributed by atoms with Crippen LogP contribution >= 0.6 is 0 Å². The van der Waals surface area contributed by atoms with Gasteiger partial charge in [0.05, 0.1) is 0 Å². The molecule has 3 heteroatoms. The number of methoxy groups -OCH3 is 1. The summed E-state index contributed by atoms with van der Waals surface area (Å²) in [4.78, 5) is 2.58. The first-order valence-corrected chi connectivity index (χ1v) is 6.79. The van der Waals surface area contributed by atoms with Crippen LogP contribution in [0.2, 0.25) is 0 Å². The molecule has 18 heavy (non-hydrogen) atoms. The lowest BCUT2D eigenvalue weighted by Crippen LogP contribution is -2.46. The van der Waals surface area contributed by atoms with E-state index in [0.29, 0.717) is 6.04 Å². The minimum absolute atomic E-state index is 0.613. The Morgan fingerprint density at radius 2 is 2.11 bits per heavy atom. The summed E-state index contributed by atoms with van der Waals surface area (Å²) < 4.78 is 5.16. The summed E-state index contributed by atoms with van der Waals surface area (Å²) in [6.45, 7) is 4.10. The fraction of sp³-hybridized carbons (Fsp3) is 0.600. The van der Waals surface area contributed by atoms with Crippen LogP contribution in [0.25, 0.3) is 0 Å². The molecule has 1 aliphatic rings. The molecule has 0 bridgehead atoms. The Morgan fingerprint density at radius 1 is 1.33 bits per heavy atom. The standard InChI is InChI=1S/C15H24N2O/c1-16-11-15-10-13-6-3-4-7-14(13)12-17(15)8-5-9-18-2/h3-4,6-7,15-16H,5,8-12H2,1-2H3. The van der Waals surface area contributed by atoms with Gasteiger partial charge in [-0.2, -0.15) is 0 Å². The third-order valence-electron chi connectivity index (χ3n) is 3.70. The molecule has 1 unspecified atom stereocenters. The first-order chi connectivity index (χ1) is 8.85. The van der Waals surface area contributed by atoms with Crippen LogP contribution in [0.5, 0.6) is 0 Å². The van der Waals surface area contributed by atoms with Crippen molar-refractivity contribution in [1.29, 1.82) is 0 Å². The highest BCUT2D eigenvalue weighted by Crippen LogP contribution is 2.23. The van der Waals surface area contributed by atoms with Crippen LogP contribution in [0.4, 0.5) is 0 Å². The predicted molar refractivity (Wildman–Crippen MR) is 74.8 cm³/mol. The largest absolute Gasteiger partial charge is 0.385 e. The highest BCUT2D eigenvalue weighted by Gasteiger charge is 2.24. The van der Waals surface area contributed by atoms with Crippen molar-refractivity contribution in [2.45, 2.75) is 25.4 Å². The number of nitrogens with zero attached hydrogens (tertiary/aromatic N) is 1. The van der Waals surface area contributed by atoms with Gasteiger partial charge in [-0.05, 0) is 31.0 Å². The molecule has 0 saturated heterocycles. The maximum Gasteiger partial charge on any atom is 0.0474 e. The van der Waals surface area contributed by atoms with Crippen LogP contribution in [0.15, 0.2) is 24.3 Å². The smallest absolute Gasteiger partial charge is 0.0474 e. The van der Waals surface area contributed by atoms with E-state index in [9.17, 15) is 0 Å². The lowest BCUT2D eigenvalue weighted by molar-refractivity contribution is 0.134. The first-order valence-electron chi connectivity index (χ1n) is 6.79. The highest BCUT2D eigenvalue weighted by atomic mass is 16.5. The van der Waals surface area contributed by atoms with Crippen LogP contribution in [0, 0.1) is 0 Å². The molecule has 1 aromatic rings. The second-order valence-corrected chi connectivity index (χ2v) is 5.00. The molecule has 0 radical (unpaired) electrons. The van der Waals surface area contributed by atoms with Gasteiger partial charge in [-0.3, -0.25) is 4.90 Å². The molecule has 0 saturated carbocycles. The minimum Gasteiger partial charge on any atom is -0.385 e. The number of nitrogens with one attached hydrogen (secondary N) is 1. The van der Waals surface area contributed by atoms with Crippen molar-refractivity contribution in [1.82, 2.24) is 10.2 Å². The molecule has 0 amide bonds. The van der Waals surface area contributed by atoms with Crippen LogP contribution in [-0.4, -0.2) is 44.8 Å². The highest BCUT2D eigenvalue weighted by molar-refractivity contribution is 5.30. The average molecular weight is 248 g/mol. The van der Waals surface area contributed by atoms with Gasteiger partial charge in [0.2, 0.25) is 0 Å². The van der Waals surface area contributed by atoms with Crippen LogP contribution < -0.4 is 5.32 Å². The third kappa shape index (κ3) is 3.31. The Bertz CT molecular complexity index is 367. The van der Waals surface area contributed by atoms with Gasteiger partial charge in [0, 0.05) is 39.4 Å². The fourth-order valence-corrected chi connectivity index (χ4v) is 2.75. The van der Waals surface area contributed by atoms with E-state index in [1.807, 2.05) is 7.05 Å². The third-order valence-corrected chi connectivity index (χ3v) is 3.70. The topological polar surface area (TPSA) is 24.5 Å². The van der Waals surface area contributed by atoms with Gasteiger partial charge in [-0.1, -0.05) is 24.3 Å². The molecule has 0 fully saturated rings. The summed E-state index contributed by atoms with van der Waals surface area (Å²) in [6, 6.07) is 9.43. The van der Waals surface area contributed by atoms with Crippen LogP contribution in [0.1, 0.15) is 17.5 Å². The number of benzene rings is 1. The molecule has 2 rings (SSSR count). The molecule has 1 aliphatic heterocycles. The molecule has 100 valence electrons. The molecule has 1 N–H and O–H groups in total. The Kier molecular flexibility index (Phi) is 5.17. The summed E-state index contributed by atoms with van der Waals surface area (Å²) in [5.74, 6) is 0. The van der Waals surface area contributed by atoms with Crippen molar-refractivity contribution in [3.63, 3.8) is 0 Å². The van der Waals surface area contributed by atoms with E-state index in [-0.39, 0.29) is 0 Å². The Hall–Kier alpha value is -0.900. The molecule has 0 aliphatic carbocycles. The van der Waals surface area contributed by atoms with Crippen molar-refractivity contribution in [2.24, 2.45) is 0 Å². The van der Waals surface area contributed by atoms with E-state index in [2.05, 4.69) is 34.5 Å². The van der Waals surface area contributed by atoms with Crippen LogP contribution in [-0.2, 0) is 17.7 Å². The second kappa shape index (κ2) is 6.88. The summed E-state index contributed by atoms with van der Waals surface area (Å²) in [5, 5.41) is 3.32. The van der Waals surface area contributed by atoms with E-state index in [1.165, 1.54) is 11.1 Å². The predicted octanol–water partition coefficient (Wildman–Crippen LogP) is 1.67. The summed E-state index contributed by atoms with van der Waals surface area (Å²) in [6.07, 6.45) is 2.27. The molecular weight excluding hydrogens is 224 g/mol. The van der Waals surface area contributed by atoms with E-state index in [4.69, 9.17) is 4.74 Å². The van der Waals surface area contributed by atoms with Gasteiger partial charge >= 0.3 is 0 Å². The quantitative estimate of drug-likeness (QED) is 0.775. The van der Waals surface area contributed by atoms with Gasteiger partial charge in [0.1, 0.15) is 0 Å². The van der Waals surface area contributed by atoms with E-state index in [1.54, 1.807) is 7.11 Å². The lowest BCUT2D eigenvalue weighted by Gasteiger charge is -2.37. The molecule has 3 nitrogen and oxygen atoms in total. The van der Waals surface area contributed by atoms with E-state index >= 15 is 0 Å². The number of hydrogen-bond donors (Lipinski definition) is 1. The number of hydrogen-bond acceptors (Lipinski definition) is 3. The zero-order valence-corrected chi connectivity index (χ0v) is 11.5. The molecule has 1 atom stereocenters. The van der Waals surface area contributed by atoms with E-state index in [0.717, 1.165) is 39.1 Å².